The van der Waals surface area contributed by atoms with Gasteiger partial charge in [0.2, 0.25) is 5.91 Å². The van der Waals surface area contributed by atoms with Crippen LogP contribution >= 0.6 is 11.3 Å². The molecule has 7 heteroatoms. The summed E-state index contributed by atoms with van der Waals surface area (Å²) in [6, 6.07) is 26.3. The van der Waals surface area contributed by atoms with E-state index >= 15 is 0 Å². The number of carbonyl (C=O) groups excluding carboxylic acids is 1. The minimum atomic E-state index is -0.496. The van der Waals surface area contributed by atoms with E-state index in [4.69, 9.17) is 15.2 Å². The molecule has 0 unspecified atom stereocenters. The van der Waals surface area contributed by atoms with Crippen molar-refractivity contribution in [1.82, 2.24) is 9.88 Å². The Hall–Kier alpha value is -3.68. The summed E-state index contributed by atoms with van der Waals surface area (Å²) >= 11 is 1.68. The number of hydrogen-bond donors (Lipinski definition) is 1. The molecule has 4 rings (SSSR count). The normalized spacial score (nSPS) is 11.1. The number of thiazole rings is 1. The zero-order valence-electron chi connectivity index (χ0n) is 20.4. The maximum absolute atomic E-state index is 11.5. The molecule has 0 atom stereocenters. The fraction of sp³-hybridized carbons (Fsp3) is 0.241. The van der Waals surface area contributed by atoms with Crippen molar-refractivity contribution in [2.45, 2.75) is 18.9 Å². The molecular formula is C29H31N3O3S. The van der Waals surface area contributed by atoms with Gasteiger partial charge in [-0.2, -0.15) is 0 Å². The third-order valence-corrected chi connectivity index (χ3v) is 6.78. The quantitative estimate of drug-likeness (QED) is 0.250. The molecule has 1 aromatic heterocycles. The molecule has 0 spiro atoms. The van der Waals surface area contributed by atoms with Crippen LogP contribution in [0.4, 0.5) is 0 Å². The average molecular weight is 502 g/mol. The molecule has 0 aliphatic heterocycles. The monoisotopic (exact) mass is 501 g/mol. The highest BCUT2D eigenvalue weighted by molar-refractivity contribution is 7.09. The number of hydrogen-bond acceptors (Lipinski definition) is 6. The number of nitrogens with zero attached hydrogens (tertiary/aromatic N) is 2. The first kappa shape index (κ1) is 25.4. The van der Waals surface area contributed by atoms with Gasteiger partial charge in [0.1, 0.15) is 5.01 Å². The van der Waals surface area contributed by atoms with E-state index in [1.807, 2.05) is 11.6 Å². The van der Waals surface area contributed by atoms with Crippen LogP contribution in [0.1, 0.15) is 38.8 Å². The number of benzene rings is 3. The summed E-state index contributed by atoms with van der Waals surface area (Å²) in [6.45, 7) is 3.01. The van der Waals surface area contributed by atoms with Crippen LogP contribution in [0, 0.1) is 0 Å². The van der Waals surface area contributed by atoms with Gasteiger partial charge in [-0.1, -0.05) is 60.7 Å². The van der Waals surface area contributed by atoms with Gasteiger partial charge in [-0.25, -0.2) is 4.98 Å². The highest BCUT2D eigenvalue weighted by atomic mass is 32.1. The summed E-state index contributed by atoms with van der Waals surface area (Å²) in [4.78, 5) is 18.4. The molecule has 0 bridgehead atoms. The molecule has 1 amide bonds. The number of ether oxygens (including phenoxy) is 2. The van der Waals surface area contributed by atoms with Gasteiger partial charge >= 0.3 is 0 Å². The van der Waals surface area contributed by atoms with Gasteiger partial charge in [-0.05, 0) is 35.7 Å². The summed E-state index contributed by atoms with van der Waals surface area (Å²) < 4.78 is 11.4. The van der Waals surface area contributed by atoms with Crippen LogP contribution < -0.4 is 15.2 Å². The third-order valence-electron chi connectivity index (χ3n) is 6.01. The van der Waals surface area contributed by atoms with Crippen molar-refractivity contribution in [3.05, 3.63) is 112 Å². The maximum atomic E-state index is 11.5. The average Bonchev–Trinajstić information content (AvgIpc) is 3.43. The van der Waals surface area contributed by atoms with Crippen molar-refractivity contribution in [2.75, 3.05) is 26.8 Å². The molecule has 6 nitrogen and oxygen atoms in total. The van der Waals surface area contributed by atoms with E-state index in [-0.39, 0.29) is 5.92 Å². The third kappa shape index (κ3) is 6.93. The van der Waals surface area contributed by atoms with Crippen LogP contribution in [0.5, 0.6) is 11.5 Å². The molecule has 0 radical (unpaired) electrons. The van der Waals surface area contributed by atoms with Crippen LogP contribution in [0.15, 0.2) is 90.4 Å². The number of carbonyl (C=O) groups is 1. The van der Waals surface area contributed by atoms with Crippen LogP contribution in [0.3, 0.4) is 0 Å². The van der Waals surface area contributed by atoms with Crippen LogP contribution in [0.2, 0.25) is 0 Å². The Balaban J connectivity index is 1.45. The van der Waals surface area contributed by atoms with E-state index < -0.39 is 5.91 Å². The van der Waals surface area contributed by atoms with Crippen LogP contribution in [-0.4, -0.2) is 42.6 Å². The molecule has 0 saturated carbocycles. The number of aromatic nitrogens is 1. The topological polar surface area (TPSA) is 77.7 Å². The molecule has 4 aromatic rings. The van der Waals surface area contributed by atoms with Gasteiger partial charge in [0.25, 0.3) is 0 Å². The molecule has 0 aliphatic carbocycles. The van der Waals surface area contributed by atoms with Crippen molar-refractivity contribution in [3.8, 4) is 11.5 Å². The zero-order chi connectivity index (χ0) is 25.2. The van der Waals surface area contributed by atoms with Crippen molar-refractivity contribution in [1.29, 1.82) is 0 Å². The van der Waals surface area contributed by atoms with Gasteiger partial charge in [0.15, 0.2) is 11.5 Å². The summed E-state index contributed by atoms with van der Waals surface area (Å²) in [5.41, 5.74) is 8.36. The van der Waals surface area contributed by atoms with E-state index in [0.29, 0.717) is 23.7 Å². The lowest BCUT2D eigenvalue weighted by molar-refractivity contribution is 0.1000. The first-order valence-corrected chi connectivity index (χ1v) is 12.8. The molecule has 1 heterocycles. The molecule has 3 aromatic carbocycles. The Morgan fingerprint density at radius 2 is 1.69 bits per heavy atom. The second-order valence-corrected chi connectivity index (χ2v) is 9.45. The number of primary amides is 1. The Morgan fingerprint density at radius 3 is 2.28 bits per heavy atom. The van der Waals surface area contributed by atoms with Crippen molar-refractivity contribution in [3.63, 3.8) is 0 Å². The molecule has 0 saturated heterocycles. The molecule has 0 aliphatic rings. The minimum Gasteiger partial charge on any atom is -0.493 e. The first-order valence-electron chi connectivity index (χ1n) is 12.0. The predicted octanol–water partition coefficient (Wildman–Crippen LogP) is 5.35. The number of methoxy groups -OCH3 is 1. The van der Waals surface area contributed by atoms with Gasteiger partial charge in [-0.3, -0.25) is 9.69 Å². The minimum absolute atomic E-state index is 0.245. The highest BCUT2D eigenvalue weighted by Crippen LogP contribution is 2.29. The highest BCUT2D eigenvalue weighted by Gasteiger charge is 2.19. The molecule has 36 heavy (non-hydrogen) atoms. The maximum Gasteiger partial charge on any atom is 0.248 e. The second-order valence-electron chi connectivity index (χ2n) is 8.47. The van der Waals surface area contributed by atoms with Crippen molar-refractivity contribution >= 4 is 17.2 Å². The lowest BCUT2D eigenvalue weighted by atomic mass is 9.90. The summed E-state index contributed by atoms with van der Waals surface area (Å²) in [6.07, 6.45) is 2.68. The van der Waals surface area contributed by atoms with Crippen LogP contribution in [0.25, 0.3) is 0 Å². The Labute approximate surface area is 216 Å². The number of rotatable bonds is 13. The van der Waals surface area contributed by atoms with Gasteiger partial charge in [0.05, 0.1) is 20.3 Å². The fourth-order valence-electron chi connectivity index (χ4n) is 4.20. The van der Waals surface area contributed by atoms with E-state index in [9.17, 15) is 4.79 Å². The van der Waals surface area contributed by atoms with Crippen molar-refractivity contribution in [2.24, 2.45) is 5.73 Å². The predicted molar refractivity (Wildman–Crippen MR) is 144 cm³/mol. The lowest BCUT2D eigenvalue weighted by Gasteiger charge is -2.28. The summed E-state index contributed by atoms with van der Waals surface area (Å²) in [7, 11) is 1.55. The van der Waals surface area contributed by atoms with E-state index in [0.717, 1.165) is 31.1 Å². The Bertz CT molecular complexity index is 1180. The van der Waals surface area contributed by atoms with Crippen LogP contribution in [-0.2, 0) is 6.54 Å². The molecule has 2 N–H and O–H groups in total. The van der Waals surface area contributed by atoms with Crippen molar-refractivity contribution < 1.29 is 14.3 Å². The molecule has 186 valence electrons. The largest absolute Gasteiger partial charge is 0.493 e. The zero-order valence-corrected chi connectivity index (χ0v) is 21.2. The van der Waals surface area contributed by atoms with E-state index in [1.165, 1.54) is 11.1 Å². The Kier molecular flexibility index (Phi) is 9.08. The standard InChI is InChI=1S/C29H31N3O3S/c1-34-27-19-24(29(30)33)13-14-26(27)35-17-8-16-32(21-28-31-15-18-36-28)20-25(22-9-4-2-5-10-22)23-11-6-3-7-12-23/h2-7,9-15,18-19,25H,8,16-17,20-21H2,1H3,(H2,30,33). The number of nitrogens with two attached hydrogens (primary N) is 1. The fourth-order valence-corrected chi connectivity index (χ4v) is 4.86. The summed E-state index contributed by atoms with van der Waals surface area (Å²) in [5.74, 6) is 0.846. The van der Waals surface area contributed by atoms with Gasteiger partial charge < -0.3 is 15.2 Å². The van der Waals surface area contributed by atoms with E-state index in [2.05, 4.69) is 70.5 Å². The number of amides is 1. The smallest absolute Gasteiger partial charge is 0.248 e. The lowest BCUT2D eigenvalue weighted by Crippen LogP contribution is -2.30. The second kappa shape index (κ2) is 12.9. The van der Waals surface area contributed by atoms with Gasteiger partial charge in [-0.15, -0.1) is 11.3 Å². The summed E-state index contributed by atoms with van der Waals surface area (Å²) in [5, 5.41) is 3.12. The molecule has 0 fully saturated rings. The van der Waals surface area contributed by atoms with Gasteiger partial charge in [0, 0.05) is 36.1 Å². The Morgan fingerprint density at radius 1 is 1.00 bits per heavy atom. The van der Waals surface area contributed by atoms with E-state index in [1.54, 1.807) is 36.6 Å². The SMILES string of the molecule is COc1cc(C(N)=O)ccc1OCCCN(Cc1nccs1)CC(c1ccccc1)c1ccccc1. The first-order chi connectivity index (χ1) is 17.6. The molecular weight excluding hydrogens is 470 g/mol.